The molecule has 0 amide bonds. The Morgan fingerprint density at radius 3 is 2.57 bits per heavy atom. The molecule has 0 aromatic heterocycles. The molecule has 3 N–H and O–H groups in total. The highest BCUT2D eigenvalue weighted by Gasteiger charge is 2.21. The molecular formula is C15H15N3O2S. The van der Waals surface area contributed by atoms with E-state index < -0.39 is 10.0 Å². The van der Waals surface area contributed by atoms with Crippen LogP contribution in [-0.4, -0.2) is 8.42 Å². The molecule has 21 heavy (non-hydrogen) atoms. The van der Waals surface area contributed by atoms with Crippen LogP contribution >= 0.6 is 0 Å². The van der Waals surface area contributed by atoms with Gasteiger partial charge in [-0.25, -0.2) is 8.42 Å². The highest BCUT2D eigenvalue weighted by Crippen LogP contribution is 2.27. The van der Waals surface area contributed by atoms with Crippen LogP contribution < -0.4 is 10.5 Å². The first-order valence-electron chi connectivity index (χ1n) is 6.24. The average molecular weight is 301 g/mol. The number of aryl methyl sites for hydroxylation is 1. The molecule has 2 rings (SSSR count). The van der Waals surface area contributed by atoms with E-state index in [-0.39, 0.29) is 10.6 Å². The molecule has 0 aliphatic carbocycles. The van der Waals surface area contributed by atoms with Gasteiger partial charge < -0.3 is 5.73 Å². The van der Waals surface area contributed by atoms with Gasteiger partial charge in [0.1, 0.15) is 4.90 Å². The van der Waals surface area contributed by atoms with Crippen LogP contribution in [-0.2, 0) is 10.0 Å². The van der Waals surface area contributed by atoms with Crippen molar-refractivity contribution < 1.29 is 8.42 Å². The van der Waals surface area contributed by atoms with Crippen molar-refractivity contribution in [3.63, 3.8) is 0 Å². The molecule has 2 aromatic carbocycles. The van der Waals surface area contributed by atoms with E-state index in [2.05, 4.69) is 4.72 Å². The molecule has 0 radical (unpaired) electrons. The predicted molar refractivity (Wildman–Crippen MR) is 82.3 cm³/mol. The number of nitriles is 1. The minimum Gasteiger partial charge on any atom is -0.398 e. The number of nitrogens with two attached hydrogens (primary N) is 1. The second kappa shape index (κ2) is 5.46. The summed E-state index contributed by atoms with van der Waals surface area (Å²) >= 11 is 0. The van der Waals surface area contributed by atoms with Gasteiger partial charge in [0, 0.05) is 0 Å². The quantitative estimate of drug-likeness (QED) is 0.851. The van der Waals surface area contributed by atoms with Crippen molar-refractivity contribution in [2.45, 2.75) is 18.7 Å². The van der Waals surface area contributed by atoms with Crippen molar-refractivity contribution >= 4 is 21.4 Å². The maximum Gasteiger partial charge on any atom is 0.264 e. The topological polar surface area (TPSA) is 96.0 Å². The zero-order chi connectivity index (χ0) is 15.6. The number of rotatable bonds is 3. The molecule has 0 aliphatic heterocycles. The van der Waals surface area contributed by atoms with Crippen LogP contribution in [0.25, 0.3) is 0 Å². The number of hydrogen-bond acceptors (Lipinski definition) is 4. The fourth-order valence-corrected chi connectivity index (χ4v) is 3.51. The molecule has 2 aromatic rings. The summed E-state index contributed by atoms with van der Waals surface area (Å²) in [5, 5.41) is 8.85. The maximum atomic E-state index is 12.5. The summed E-state index contributed by atoms with van der Waals surface area (Å²) in [7, 11) is -3.81. The number of sulfonamides is 1. The van der Waals surface area contributed by atoms with E-state index in [1.807, 2.05) is 13.0 Å². The van der Waals surface area contributed by atoms with Gasteiger partial charge in [-0.05, 0) is 49.2 Å². The van der Waals surface area contributed by atoms with Crippen molar-refractivity contribution in [1.82, 2.24) is 0 Å². The van der Waals surface area contributed by atoms with Crippen molar-refractivity contribution in [3.05, 3.63) is 53.1 Å². The SMILES string of the molecule is Cc1ccc(N)c(S(=O)(=O)Nc2cccc(C#N)c2)c1C. The van der Waals surface area contributed by atoms with E-state index in [0.717, 1.165) is 5.56 Å². The Morgan fingerprint density at radius 2 is 1.90 bits per heavy atom. The number of benzene rings is 2. The summed E-state index contributed by atoms with van der Waals surface area (Å²) in [6.45, 7) is 3.54. The van der Waals surface area contributed by atoms with Gasteiger partial charge in [-0.15, -0.1) is 0 Å². The third kappa shape index (κ3) is 2.98. The Hall–Kier alpha value is -2.52. The van der Waals surface area contributed by atoms with Gasteiger partial charge in [0.05, 0.1) is 23.0 Å². The summed E-state index contributed by atoms with van der Waals surface area (Å²) in [6.07, 6.45) is 0. The zero-order valence-electron chi connectivity index (χ0n) is 11.7. The lowest BCUT2D eigenvalue weighted by Crippen LogP contribution is -2.16. The predicted octanol–water partition coefficient (Wildman–Crippen LogP) is 2.56. The van der Waals surface area contributed by atoms with Crippen molar-refractivity contribution in [2.75, 3.05) is 10.5 Å². The van der Waals surface area contributed by atoms with Gasteiger partial charge in [0.25, 0.3) is 10.0 Å². The molecule has 0 saturated heterocycles. The highest BCUT2D eigenvalue weighted by atomic mass is 32.2. The van der Waals surface area contributed by atoms with Gasteiger partial charge in [-0.1, -0.05) is 12.1 Å². The summed E-state index contributed by atoms with van der Waals surface area (Å²) in [5.74, 6) is 0. The molecule has 6 heteroatoms. The number of nitrogens with zero attached hydrogens (tertiary/aromatic N) is 1. The van der Waals surface area contributed by atoms with Gasteiger partial charge in [-0.3, -0.25) is 4.72 Å². The van der Waals surface area contributed by atoms with Crippen LogP contribution in [0.1, 0.15) is 16.7 Å². The van der Waals surface area contributed by atoms with E-state index in [1.54, 1.807) is 37.3 Å². The summed E-state index contributed by atoms with van der Waals surface area (Å²) < 4.78 is 27.5. The molecule has 0 unspecified atom stereocenters. The lowest BCUT2D eigenvalue weighted by Gasteiger charge is -2.14. The Labute approximate surface area is 124 Å². The van der Waals surface area contributed by atoms with Crippen LogP contribution in [0.5, 0.6) is 0 Å². The molecule has 0 spiro atoms. The van der Waals surface area contributed by atoms with Gasteiger partial charge in [0.2, 0.25) is 0 Å². The van der Waals surface area contributed by atoms with Crippen molar-refractivity contribution in [1.29, 1.82) is 5.26 Å². The number of anilines is 2. The monoisotopic (exact) mass is 301 g/mol. The zero-order valence-corrected chi connectivity index (χ0v) is 12.5. The van der Waals surface area contributed by atoms with Crippen LogP contribution in [0.4, 0.5) is 11.4 Å². The minimum absolute atomic E-state index is 0.0739. The third-order valence-corrected chi connectivity index (χ3v) is 4.80. The van der Waals surface area contributed by atoms with Gasteiger partial charge in [-0.2, -0.15) is 5.26 Å². The minimum atomic E-state index is -3.81. The van der Waals surface area contributed by atoms with Gasteiger partial charge >= 0.3 is 0 Å². The molecule has 0 heterocycles. The van der Waals surface area contributed by atoms with E-state index in [0.29, 0.717) is 16.8 Å². The largest absolute Gasteiger partial charge is 0.398 e. The average Bonchev–Trinajstić information content (AvgIpc) is 2.42. The summed E-state index contributed by atoms with van der Waals surface area (Å²) in [4.78, 5) is 0.0739. The third-order valence-electron chi connectivity index (χ3n) is 3.22. The smallest absolute Gasteiger partial charge is 0.264 e. The second-order valence-electron chi connectivity index (χ2n) is 4.72. The van der Waals surface area contributed by atoms with Crippen LogP contribution in [0, 0.1) is 25.2 Å². The molecule has 0 saturated carbocycles. The summed E-state index contributed by atoms with van der Waals surface area (Å²) in [5.41, 5.74) is 8.17. The van der Waals surface area contributed by atoms with E-state index in [1.165, 1.54) is 6.07 Å². The normalized spacial score (nSPS) is 10.9. The van der Waals surface area contributed by atoms with Crippen molar-refractivity contribution in [3.8, 4) is 6.07 Å². The van der Waals surface area contributed by atoms with E-state index in [9.17, 15) is 8.42 Å². The number of nitrogen functional groups attached to an aromatic ring is 1. The highest BCUT2D eigenvalue weighted by molar-refractivity contribution is 7.93. The maximum absolute atomic E-state index is 12.5. The Kier molecular flexibility index (Phi) is 3.87. The van der Waals surface area contributed by atoms with E-state index >= 15 is 0 Å². The first kappa shape index (κ1) is 14.9. The number of hydrogen-bond donors (Lipinski definition) is 2. The standard InChI is InChI=1S/C15H15N3O2S/c1-10-6-7-14(17)15(11(10)2)21(19,20)18-13-5-3-4-12(8-13)9-16/h3-8,18H,17H2,1-2H3. The molecule has 0 atom stereocenters. The Morgan fingerprint density at radius 1 is 1.19 bits per heavy atom. The van der Waals surface area contributed by atoms with Crippen LogP contribution in [0.3, 0.4) is 0 Å². The molecule has 0 fully saturated rings. The Balaban J connectivity index is 2.49. The first-order valence-corrected chi connectivity index (χ1v) is 7.72. The van der Waals surface area contributed by atoms with E-state index in [4.69, 9.17) is 11.0 Å². The van der Waals surface area contributed by atoms with Crippen molar-refractivity contribution in [2.24, 2.45) is 0 Å². The lowest BCUT2D eigenvalue weighted by molar-refractivity contribution is 0.601. The molecule has 0 bridgehead atoms. The molecule has 108 valence electrons. The Bertz CT molecular complexity index is 836. The fourth-order valence-electron chi connectivity index (χ4n) is 2.03. The second-order valence-corrected chi connectivity index (χ2v) is 6.34. The van der Waals surface area contributed by atoms with Gasteiger partial charge in [0.15, 0.2) is 0 Å². The lowest BCUT2D eigenvalue weighted by atomic mass is 10.1. The fraction of sp³-hybridized carbons (Fsp3) is 0.133. The van der Waals surface area contributed by atoms with Crippen LogP contribution in [0.2, 0.25) is 0 Å². The molecule has 5 nitrogen and oxygen atoms in total. The molecule has 0 aliphatic rings. The molecular weight excluding hydrogens is 286 g/mol. The summed E-state index contributed by atoms with van der Waals surface area (Å²) in [6, 6.07) is 11.6. The first-order chi connectivity index (χ1) is 9.85. The number of nitrogens with one attached hydrogen (secondary N) is 1. The van der Waals surface area contributed by atoms with Crippen LogP contribution in [0.15, 0.2) is 41.3 Å².